The van der Waals surface area contributed by atoms with Crippen molar-refractivity contribution in [3.63, 3.8) is 0 Å². The van der Waals surface area contributed by atoms with E-state index in [9.17, 15) is 4.79 Å². The smallest absolute Gasteiger partial charge is 0.222 e. The van der Waals surface area contributed by atoms with Gasteiger partial charge in [0, 0.05) is 50.9 Å². The first-order chi connectivity index (χ1) is 13.7. The number of carbonyl (C=O) groups excluding carboxylic acids is 1. The second-order valence-electron chi connectivity index (χ2n) is 9.15. The molecule has 1 fully saturated rings. The molecule has 3 N–H and O–H groups in total. The molecular weight excluding hydrogens is 362 g/mol. The van der Waals surface area contributed by atoms with Crippen LogP contribution in [0.25, 0.3) is 0 Å². The number of amides is 1. The number of benzene rings is 1. The SMILES string of the molecule is CN=C(NCCNC(=O)C(C)C)NC1CCN(c2ccc(C(C)(C)C)cc2)CC1. The quantitative estimate of drug-likeness (QED) is 0.389. The Balaban J connectivity index is 1.74. The summed E-state index contributed by atoms with van der Waals surface area (Å²) in [6.07, 6.45) is 2.15. The second-order valence-corrected chi connectivity index (χ2v) is 9.15. The summed E-state index contributed by atoms with van der Waals surface area (Å²) >= 11 is 0. The lowest BCUT2D eigenvalue weighted by Gasteiger charge is -2.35. The fraction of sp³-hybridized carbons (Fsp3) is 0.652. The molecule has 29 heavy (non-hydrogen) atoms. The van der Waals surface area contributed by atoms with Crippen molar-refractivity contribution in [2.75, 3.05) is 38.1 Å². The normalized spacial score (nSPS) is 16.1. The zero-order valence-corrected chi connectivity index (χ0v) is 19.0. The third-order valence-electron chi connectivity index (χ3n) is 5.40. The topological polar surface area (TPSA) is 68.8 Å². The average molecular weight is 402 g/mol. The molecule has 2 rings (SSSR count). The Kier molecular flexibility index (Phi) is 8.35. The van der Waals surface area contributed by atoms with Crippen LogP contribution in [0.4, 0.5) is 5.69 Å². The van der Waals surface area contributed by atoms with Crippen molar-refractivity contribution in [3.05, 3.63) is 29.8 Å². The lowest BCUT2D eigenvalue weighted by atomic mass is 9.87. The molecule has 1 amide bonds. The van der Waals surface area contributed by atoms with Crippen LogP contribution in [-0.4, -0.2) is 51.1 Å². The first-order valence-corrected chi connectivity index (χ1v) is 10.8. The molecule has 0 bridgehead atoms. The third kappa shape index (κ3) is 7.26. The van der Waals surface area contributed by atoms with Gasteiger partial charge in [0.15, 0.2) is 5.96 Å². The number of anilines is 1. The van der Waals surface area contributed by atoms with E-state index < -0.39 is 0 Å². The number of hydrogen-bond donors (Lipinski definition) is 3. The van der Waals surface area contributed by atoms with Gasteiger partial charge in [-0.2, -0.15) is 0 Å². The summed E-state index contributed by atoms with van der Waals surface area (Å²) in [6, 6.07) is 9.42. The number of piperidine rings is 1. The van der Waals surface area contributed by atoms with Gasteiger partial charge in [-0.1, -0.05) is 46.8 Å². The van der Waals surface area contributed by atoms with Gasteiger partial charge in [-0.25, -0.2) is 0 Å². The molecule has 0 saturated carbocycles. The van der Waals surface area contributed by atoms with Crippen LogP contribution in [0.1, 0.15) is 53.0 Å². The molecule has 0 unspecified atom stereocenters. The van der Waals surface area contributed by atoms with Crippen molar-refractivity contribution < 1.29 is 4.79 Å². The second kappa shape index (κ2) is 10.5. The molecule has 0 atom stereocenters. The predicted octanol–water partition coefficient (Wildman–Crippen LogP) is 2.89. The monoisotopic (exact) mass is 401 g/mol. The van der Waals surface area contributed by atoms with Gasteiger partial charge in [0.05, 0.1) is 0 Å². The molecule has 1 aromatic rings. The van der Waals surface area contributed by atoms with Gasteiger partial charge in [-0.3, -0.25) is 9.79 Å². The molecule has 6 nitrogen and oxygen atoms in total. The van der Waals surface area contributed by atoms with Crippen LogP contribution >= 0.6 is 0 Å². The van der Waals surface area contributed by atoms with Crippen molar-refractivity contribution >= 4 is 17.6 Å². The number of aliphatic imine (C=N–C) groups is 1. The molecule has 1 saturated heterocycles. The number of carbonyl (C=O) groups is 1. The molecule has 1 aliphatic rings. The van der Waals surface area contributed by atoms with Crippen molar-refractivity contribution in [2.45, 2.75) is 58.9 Å². The van der Waals surface area contributed by atoms with E-state index in [0.717, 1.165) is 31.9 Å². The van der Waals surface area contributed by atoms with E-state index in [1.807, 2.05) is 13.8 Å². The minimum atomic E-state index is 0.0160. The molecule has 1 heterocycles. The predicted molar refractivity (Wildman–Crippen MR) is 123 cm³/mol. The maximum atomic E-state index is 11.6. The first-order valence-electron chi connectivity index (χ1n) is 10.8. The van der Waals surface area contributed by atoms with Crippen LogP contribution in [-0.2, 0) is 10.2 Å². The highest BCUT2D eigenvalue weighted by molar-refractivity contribution is 5.80. The Morgan fingerprint density at radius 1 is 1.10 bits per heavy atom. The summed E-state index contributed by atoms with van der Waals surface area (Å²) in [5.74, 6) is 0.900. The largest absolute Gasteiger partial charge is 0.371 e. The van der Waals surface area contributed by atoms with Gasteiger partial charge < -0.3 is 20.9 Å². The van der Waals surface area contributed by atoms with E-state index in [0.29, 0.717) is 19.1 Å². The zero-order valence-electron chi connectivity index (χ0n) is 19.0. The summed E-state index contributed by atoms with van der Waals surface area (Å²) in [5, 5.41) is 9.71. The molecule has 0 aromatic heterocycles. The summed E-state index contributed by atoms with van der Waals surface area (Å²) in [7, 11) is 1.79. The van der Waals surface area contributed by atoms with Crippen LogP contribution in [0, 0.1) is 5.92 Å². The van der Waals surface area contributed by atoms with E-state index in [1.165, 1.54) is 11.3 Å². The van der Waals surface area contributed by atoms with Gasteiger partial charge in [0.1, 0.15) is 0 Å². The number of hydrogen-bond acceptors (Lipinski definition) is 3. The molecule has 0 aliphatic carbocycles. The summed E-state index contributed by atoms with van der Waals surface area (Å²) < 4.78 is 0. The molecule has 0 radical (unpaired) electrons. The minimum Gasteiger partial charge on any atom is -0.371 e. The fourth-order valence-corrected chi connectivity index (χ4v) is 3.41. The van der Waals surface area contributed by atoms with Crippen LogP contribution in [0.5, 0.6) is 0 Å². The summed E-state index contributed by atoms with van der Waals surface area (Å²) in [5.41, 5.74) is 2.87. The van der Waals surface area contributed by atoms with Gasteiger partial charge in [0.25, 0.3) is 0 Å². The average Bonchev–Trinajstić information content (AvgIpc) is 2.70. The maximum Gasteiger partial charge on any atom is 0.222 e. The molecule has 0 spiro atoms. The highest BCUT2D eigenvalue weighted by Crippen LogP contribution is 2.26. The van der Waals surface area contributed by atoms with E-state index in [4.69, 9.17) is 0 Å². The standard InChI is InChI=1S/C23H39N5O/c1-17(2)21(29)25-13-14-26-22(24-6)27-19-11-15-28(16-12-19)20-9-7-18(8-10-20)23(3,4)5/h7-10,17,19H,11-16H2,1-6H3,(H,25,29)(H2,24,26,27). The molecular formula is C23H39N5O. The Morgan fingerprint density at radius 2 is 1.69 bits per heavy atom. The van der Waals surface area contributed by atoms with Crippen LogP contribution in [0.2, 0.25) is 0 Å². The highest BCUT2D eigenvalue weighted by atomic mass is 16.1. The van der Waals surface area contributed by atoms with Crippen LogP contribution in [0.3, 0.4) is 0 Å². The Labute approximate surface area is 176 Å². The summed E-state index contributed by atoms with van der Waals surface area (Å²) in [4.78, 5) is 18.4. The Morgan fingerprint density at radius 3 is 2.21 bits per heavy atom. The molecule has 162 valence electrons. The lowest BCUT2D eigenvalue weighted by Crippen LogP contribution is -2.49. The zero-order chi connectivity index (χ0) is 21.4. The van der Waals surface area contributed by atoms with Gasteiger partial charge in [-0.05, 0) is 36.0 Å². The van der Waals surface area contributed by atoms with Crippen molar-refractivity contribution in [1.82, 2.24) is 16.0 Å². The van der Waals surface area contributed by atoms with E-state index in [-0.39, 0.29) is 17.2 Å². The van der Waals surface area contributed by atoms with Crippen LogP contribution < -0.4 is 20.9 Å². The molecule has 1 aliphatic heterocycles. The van der Waals surface area contributed by atoms with Crippen LogP contribution in [0.15, 0.2) is 29.3 Å². The van der Waals surface area contributed by atoms with Crippen molar-refractivity contribution in [3.8, 4) is 0 Å². The molecule has 6 heteroatoms. The van der Waals surface area contributed by atoms with E-state index >= 15 is 0 Å². The van der Waals surface area contributed by atoms with Gasteiger partial charge in [0.2, 0.25) is 5.91 Å². The first kappa shape index (κ1) is 23.0. The van der Waals surface area contributed by atoms with Gasteiger partial charge >= 0.3 is 0 Å². The molecule has 1 aromatic carbocycles. The highest BCUT2D eigenvalue weighted by Gasteiger charge is 2.21. The van der Waals surface area contributed by atoms with E-state index in [1.54, 1.807) is 7.05 Å². The number of nitrogens with one attached hydrogen (secondary N) is 3. The maximum absolute atomic E-state index is 11.6. The third-order valence-corrected chi connectivity index (χ3v) is 5.40. The number of nitrogens with zero attached hydrogens (tertiary/aromatic N) is 2. The van der Waals surface area contributed by atoms with Crippen molar-refractivity contribution in [1.29, 1.82) is 0 Å². The van der Waals surface area contributed by atoms with Gasteiger partial charge in [-0.15, -0.1) is 0 Å². The lowest BCUT2D eigenvalue weighted by molar-refractivity contribution is -0.123. The summed E-state index contributed by atoms with van der Waals surface area (Å²) in [6.45, 7) is 13.9. The Bertz CT molecular complexity index is 668. The fourth-order valence-electron chi connectivity index (χ4n) is 3.41. The minimum absolute atomic E-state index is 0.0160. The van der Waals surface area contributed by atoms with Crippen molar-refractivity contribution in [2.24, 2.45) is 10.9 Å². The number of rotatable bonds is 6. The Hall–Kier alpha value is -2.24. The number of guanidine groups is 1. The van der Waals surface area contributed by atoms with E-state index in [2.05, 4.69) is 70.9 Å².